The molecule has 5 nitrogen and oxygen atoms in total. The molecule has 0 bridgehead atoms. The Balaban J connectivity index is 1.43. The molecule has 0 saturated heterocycles. The Morgan fingerprint density at radius 1 is 0.767 bits per heavy atom. The smallest absolute Gasteiger partial charge is 0.261 e. The number of sulfonamides is 1. The van der Waals surface area contributed by atoms with Crippen molar-refractivity contribution < 1.29 is 13.2 Å². The van der Waals surface area contributed by atoms with Crippen molar-refractivity contribution in [1.29, 1.82) is 0 Å². The molecule has 1 amide bonds. The Hall–Kier alpha value is -3.12. The van der Waals surface area contributed by atoms with Crippen LogP contribution < -0.4 is 10.0 Å². The zero-order valence-electron chi connectivity index (χ0n) is 16.5. The van der Waals surface area contributed by atoms with Crippen LogP contribution in [0.2, 0.25) is 0 Å². The van der Waals surface area contributed by atoms with Crippen LogP contribution in [0.4, 0.5) is 5.69 Å². The monoisotopic (exact) mass is 420 g/mol. The van der Waals surface area contributed by atoms with E-state index in [-0.39, 0.29) is 16.8 Å². The van der Waals surface area contributed by atoms with E-state index in [9.17, 15) is 13.2 Å². The molecule has 4 rings (SSSR count). The fourth-order valence-corrected chi connectivity index (χ4v) is 4.76. The van der Waals surface area contributed by atoms with E-state index in [1.165, 1.54) is 0 Å². The quantitative estimate of drug-likeness (QED) is 0.600. The molecule has 0 aliphatic heterocycles. The molecule has 3 aromatic rings. The highest BCUT2D eigenvalue weighted by Gasteiger charge is 2.18. The normalized spacial score (nSPS) is 14.4. The molecule has 1 aliphatic carbocycles. The first-order chi connectivity index (χ1) is 14.5. The lowest BCUT2D eigenvalue weighted by molar-refractivity contribution is 0.0938. The zero-order chi connectivity index (χ0) is 21.0. The molecule has 154 valence electrons. The van der Waals surface area contributed by atoms with Crippen LogP contribution in [0, 0.1) is 0 Å². The number of carbonyl (C=O) groups excluding carboxylic acids is 1. The molecule has 1 fully saturated rings. The molecule has 30 heavy (non-hydrogen) atoms. The highest BCUT2D eigenvalue weighted by atomic mass is 32.2. The van der Waals surface area contributed by atoms with E-state index in [1.807, 2.05) is 30.3 Å². The van der Waals surface area contributed by atoms with Crippen LogP contribution in [0.5, 0.6) is 0 Å². The third-order valence-corrected chi connectivity index (χ3v) is 6.76. The van der Waals surface area contributed by atoms with Crippen molar-refractivity contribution in [3.63, 3.8) is 0 Å². The van der Waals surface area contributed by atoms with Gasteiger partial charge in [0.05, 0.1) is 4.90 Å². The molecular formula is C24H24N2O3S. The van der Waals surface area contributed by atoms with Gasteiger partial charge in [-0.25, -0.2) is 8.42 Å². The number of anilines is 1. The lowest BCUT2D eigenvalue weighted by Gasteiger charge is -2.13. The number of carbonyl (C=O) groups is 1. The molecule has 0 heterocycles. The molecular weight excluding hydrogens is 396 g/mol. The van der Waals surface area contributed by atoms with E-state index in [0.717, 1.165) is 36.8 Å². The van der Waals surface area contributed by atoms with Crippen LogP contribution in [0.3, 0.4) is 0 Å². The van der Waals surface area contributed by atoms with Gasteiger partial charge in [-0.1, -0.05) is 55.3 Å². The number of benzene rings is 3. The maximum absolute atomic E-state index is 12.7. The van der Waals surface area contributed by atoms with Crippen LogP contribution in [-0.4, -0.2) is 20.4 Å². The van der Waals surface area contributed by atoms with Gasteiger partial charge in [-0.05, 0) is 60.4 Å². The van der Waals surface area contributed by atoms with Crippen LogP contribution >= 0.6 is 0 Å². The molecule has 0 spiro atoms. The van der Waals surface area contributed by atoms with Gasteiger partial charge in [-0.15, -0.1) is 0 Å². The number of amides is 1. The zero-order valence-corrected chi connectivity index (χ0v) is 17.4. The highest BCUT2D eigenvalue weighted by molar-refractivity contribution is 7.92. The van der Waals surface area contributed by atoms with Crippen LogP contribution in [0.25, 0.3) is 11.1 Å². The fraction of sp³-hybridized carbons (Fsp3) is 0.208. The van der Waals surface area contributed by atoms with E-state index in [0.29, 0.717) is 11.3 Å². The molecule has 1 saturated carbocycles. The third kappa shape index (κ3) is 4.71. The van der Waals surface area contributed by atoms with Crippen molar-refractivity contribution in [3.05, 3.63) is 84.4 Å². The van der Waals surface area contributed by atoms with Crippen LogP contribution in [0.1, 0.15) is 36.0 Å². The molecule has 0 unspecified atom stereocenters. The second kappa shape index (κ2) is 8.71. The van der Waals surface area contributed by atoms with Gasteiger partial charge in [0.2, 0.25) is 0 Å². The van der Waals surface area contributed by atoms with Gasteiger partial charge in [0.15, 0.2) is 0 Å². The lowest BCUT2D eigenvalue weighted by Crippen LogP contribution is -2.32. The SMILES string of the molecule is O=C(NC1CCCC1)c1ccc(NS(=O)(=O)c2ccc(-c3ccccc3)cc2)cc1. The third-order valence-electron chi connectivity index (χ3n) is 5.36. The second-order valence-corrected chi connectivity index (χ2v) is 9.21. The number of hydrogen-bond acceptors (Lipinski definition) is 3. The molecule has 0 aromatic heterocycles. The lowest BCUT2D eigenvalue weighted by atomic mass is 10.1. The Morgan fingerprint density at radius 2 is 1.37 bits per heavy atom. The predicted molar refractivity (Wildman–Crippen MR) is 119 cm³/mol. The van der Waals surface area contributed by atoms with E-state index in [4.69, 9.17) is 0 Å². The first-order valence-corrected chi connectivity index (χ1v) is 11.6. The van der Waals surface area contributed by atoms with Gasteiger partial charge in [-0.3, -0.25) is 9.52 Å². The molecule has 0 radical (unpaired) electrons. The van der Waals surface area contributed by atoms with Crippen LogP contribution in [-0.2, 0) is 10.0 Å². The summed E-state index contributed by atoms with van der Waals surface area (Å²) in [4.78, 5) is 12.5. The second-order valence-electron chi connectivity index (χ2n) is 7.53. The highest BCUT2D eigenvalue weighted by Crippen LogP contribution is 2.23. The molecule has 6 heteroatoms. The van der Waals surface area contributed by atoms with Gasteiger partial charge in [0.25, 0.3) is 15.9 Å². The minimum absolute atomic E-state index is 0.118. The van der Waals surface area contributed by atoms with Gasteiger partial charge in [0.1, 0.15) is 0 Å². The summed E-state index contributed by atoms with van der Waals surface area (Å²) in [5, 5.41) is 3.03. The maximum Gasteiger partial charge on any atom is 0.261 e. The van der Waals surface area contributed by atoms with E-state index in [1.54, 1.807) is 48.5 Å². The summed E-state index contributed by atoms with van der Waals surface area (Å²) in [5.41, 5.74) is 2.92. The Morgan fingerprint density at radius 3 is 2.00 bits per heavy atom. The molecule has 1 aliphatic rings. The van der Waals surface area contributed by atoms with Crippen LogP contribution in [0.15, 0.2) is 83.8 Å². The predicted octanol–water partition coefficient (Wildman–Crippen LogP) is 4.83. The summed E-state index contributed by atoms with van der Waals surface area (Å²) in [6.07, 6.45) is 4.34. The van der Waals surface area contributed by atoms with Gasteiger partial charge < -0.3 is 5.32 Å². The topological polar surface area (TPSA) is 75.3 Å². The van der Waals surface area contributed by atoms with Gasteiger partial charge in [-0.2, -0.15) is 0 Å². The molecule has 3 aromatic carbocycles. The number of nitrogens with one attached hydrogen (secondary N) is 2. The summed E-state index contributed by atoms with van der Waals surface area (Å²) < 4.78 is 28.0. The minimum Gasteiger partial charge on any atom is -0.349 e. The average molecular weight is 421 g/mol. The van der Waals surface area contributed by atoms with E-state index in [2.05, 4.69) is 10.0 Å². The van der Waals surface area contributed by atoms with Crippen molar-refractivity contribution in [1.82, 2.24) is 5.32 Å². The van der Waals surface area contributed by atoms with Gasteiger partial charge >= 0.3 is 0 Å². The first kappa shape index (κ1) is 20.2. The molecule has 2 N–H and O–H groups in total. The van der Waals surface area contributed by atoms with Crippen molar-refractivity contribution in [2.45, 2.75) is 36.6 Å². The summed E-state index contributed by atoms with van der Waals surface area (Å²) in [6.45, 7) is 0. The summed E-state index contributed by atoms with van der Waals surface area (Å²) in [5.74, 6) is -0.118. The maximum atomic E-state index is 12.7. The fourth-order valence-electron chi connectivity index (χ4n) is 3.70. The summed E-state index contributed by atoms with van der Waals surface area (Å²) in [7, 11) is -3.71. The van der Waals surface area contributed by atoms with Gasteiger partial charge in [0, 0.05) is 17.3 Å². The minimum atomic E-state index is -3.71. The van der Waals surface area contributed by atoms with Crippen molar-refractivity contribution in [3.8, 4) is 11.1 Å². The summed E-state index contributed by atoms with van der Waals surface area (Å²) >= 11 is 0. The standard InChI is InChI=1S/C24H24N2O3S/c27-24(25-21-8-4-5-9-21)20-10-14-22(15-11-20)26-30(28,29)23-16-12-19(13-17-23)18-6-2-1-3-7-18/h1-3,6-7,10-17,21,26H,4-5,8-9H2,(H,25,27). The van der Waals surface area contributed by atoms with Crippen molar-refractivity contribution in [2.24, 2.45) is 0 Å². The van der Waals surface area contributed by atoms with E-state index >= 15 is 0 Å². The first-order valence-electron chi connectivity index (χ1n) is 10.1. The summed E-state index contributed by atoms with van der Waals surface area (Å²) in [6, 6.07) is 23.3. The van der Waals surface area contributed by atoms with Crippen molar-refractivity contribution in [2.75, 3.05) is 4.72 Å². The number of hydrogen-bond donors (Lipinski definition) is 2. The van der Waals surface area contributed by atoms with Crippen molar-refractivity contribution >= 4 is 21.6 Å². The Labute approximate surface area is 177 Å². The molecule has 0 atom stereocenters. The average Bonchev–Trinajstić information content (AvgIpc) is 3.28. The largest absolute Gasteiger partial charge is 0.349 e. The van der Waals surface area contributed by atoms with E-state index < -0.39 is 10.0 Å². The number of rotatable bonds is 6. The Kier molecular flexibility index (Phi) is 5.86. The Bertz CT molecular complexity index is 1100.